The summed E-state index contributed by atoms with van der Waals surface area (Å²) in [6.07, 6.45) is 5.95. The smallest absolute Gasteiger partial charge is 0.331 e. The maximum absolute atomic E-state index is 12.6. The van der Waals surface area contributed by atoms with Gasteiger partial charge in [-0.05, 0) is 66.4 Å². The highest BCUT2D eigenvalue weighted by Crippen LogP contribution is 2.31. The topological polar surface area (TPSA) is 81.7 Å². The molecule has 1 aliphatic carbocycles. The molecule has 1 saturated carbocycles. The van der Waals surface area contributed by atoms with Gasteiger partial charge in [-0.15, -0.1) is 0 Å². The van der Waals surface area contributed by atoms with Gasteiger partial charge in [-0.3, -0.25) is 9.59 Å². The van der Waals surface area contributed by atoms with Crippen LogP contribution in [0.4, 0.5) is 0 Å². The summed E-state index contributed by atoms with van der Waals surface area (Å²) < 4.78 is 10.8. The third-order valence-electron chi connectivity index (χ3n) is 4.84. The molecule has 1 fully saturated rings. The van der Waals surface area contributed by atoms with Gasteiger partial charge < -0.3 is 14.8 Å². The molecule has 0 atom stereocenters. The van der Waals surface area contributed by atoms with E-state index < -0.39 is 17.4 Å². The number of Topliss-reactive ketones (excluding diaryl/α,β-unsaturated/α-hetero) is 1. The van der Waals surface area contributed by atoms with Crippen LogP contribution in [-0.2, 0) is 14.3 Å². The van der Waals surface area contributed by atoms with Crippen LogP contribution in [0.25, 0.3) is 0 Å². The van der Waals surface area contributed by atoms with Crippen molar-refractivity contribution in [2.24, 2.45) is 0 Å². The van der Waals surface area contributed by atoms with E-state index in [0.717, 1.165) is 25.7 Å². The highest BCUT2D eigenvalue weighted by Gasteiger charge is 2.43. The molecule has 1 aromatic carbocycles. The SMILES string of the molecule is CCCCOc1ccc(C(=O)C(Br)=CC(=O)NC2(C(=O)OCC)CCCC2)cc1. The first-order valence-electron chi connectivity index (χ1n) is 10.1. The van der Waals surface area contributed by atoms with Crippen molar-refractivity contribution in [3.05, 3.63) is 40.4 Å². The van der Waals surface area contributed by atoms with E-state index in [1.54, 1.807) is 31.2 Å². The number of allylic oxidation sites excluding steroid dienone is 1. The Labute approximate surface area is 180 Å². The Kier molecular flexibility index (Phi) is 8.89. The zero-order valence-electron chi connectivity index (χ0n) is 17.0. The lowest BCUT2D eigenvalue weighted by molar-refractivity contribution is -0.152. The Bertz CT molecular complexity index is 751. The highest BCUT2D eigenvalue weighted by atomic mass is 79.9. The predicted molar refractivity (Wildman–Crippen MR) is 114 cm³/mol. The molecule has 0 radical (unpaired) electrons. The van der Waals surface area contributed by atoms with Gasteiger partial charge in [0.25, 0.3) is 0 Å². The van der Waals surface area contributed by atoms with Gasteiger partial charge in [-0.2, -0.15) is 0 Å². The molecule has 0 heterocycles. The Morgan fingerprint density at radius 2 is 1.79 bits per heavy atom. The van der Waals surface area contributed by atoms with Crippen molar-refractivity contribution in [3.63, 3.8) is 0 Å². The average Bonchev–Trinajstić information content (AvgIpc) is 3.18. The van der Waals surface area contributed by atoms with E-state index in [0.29, 0.717) is 30.8 Å². The van der Waals surface area contributed by atoms with Crippen LogP contribution >= 0.6 is 15.9 Å². The molecule has 29 heavy (non-hydrogen) atoms. The van der Waals surface area contributed by atoms with Gasteiger partial charge in [0.15, 0.2) is 5.78 Å². The summed E-state index contributed by atoms with van der Waals surface area (Å²) in [6.45, 7) is 4.71. The molecule has 0 spiro atoms. The van der Waals surface area contributed by atoms with Crippen molar-refractivity contribution in [2.75, 3.05) is 13.2 Å². The number of carbonyl (C=O) groups is 3. The Hall–Kier alpha value is -2.15. The fraction of sp³-hybridized carbons (Fsp3) is 0.500. The average molecular weight is 466 g/mol. The summed E-state index contributed by atoms with van der Waals surface area (Å²) in [4.78, 5) is 37.4. The molecular formula is C22H28BrNO5. The van der Waals surface area contributed by atoms with E-state index in [9.17, 15) is 14.4 Å². The second kappa shape index (κ2) is 11.1. The molecule has 0 unspecified atom stereocenters. The molecule has 7 heteroatoms. The highest BCUT2D eigenvalue weighted by molar-refractivity contribution is 9.12. The van der Waals surface area contributed by atoms with Crippen LogP contribution in [-0.4, -0.2) is 36.4 Å². The number of nitrogens with one attached hydrogen (secondary N) is 1. The number of ether oxygens (including phenoxy) is 2. The van der Waals surface area contributed by atoms with Crippen molar-refractivity contribution in [1.82, 2.24) is 5.32 Å². The standard InChI is InChI=1S/C22H28BrNO5/c1-3-5-14-29-17-10-8-16(9-11-17)20(26)18(23)15-19(25)24-22(12-6-7-13-22)21(27)28-4-2/h8-11,15H,3-7,12-14H2,1-2H3,(H,24,25). The minimum atomic E-state index is -1.00. The van der Waals surface area contributed by atoms with Gasteiger partial charge in [0, 0.05) is 11.6 Å². The molecule has 6 nitrogen and oxygen atoms in total. The van der Waals surface area contributed by atoms with E-state index in [4.69, 9.17) is 9.47 Å². The first-order chi connectivity index (χ1) is 13.9. The molecule has 158 valence electrons. The normalized spacial score (nSPS) is 15.6. The third-order valence-corrected chi connectivity index (χ3v) is 5.43. The van der Waals surface area contributed by atoms with E-state index in [-0.39, 0.29) is 16.9 Å². The summed E-state index contributed by atoms with van der Waals surface area (Å²) in [6, 6.07) is 6.79. The molecule has 1 aliphatic rings. The minimum absolute atomic E-state index is 0.117. The lowest BCUT2D eigenvalue weighted by Gasteiger charge is -2.27. The lowest BCUT2D eigenvalue weighted by Crippen LogP contribution is -2.53. The van der Waals surface area contributed by atoms with Crippen molar-refractivity contribution < 1.29 is 23.9 Å². The number of halogens is 1. The monoisotopic (exact) mass is 465 g/mol. The maximum atomic E-state index is 12.6. The van der Waals surface area contributed by atoms with Crippen LogP contribution in [0.3, 0.4) is 0 Å². The number of rotatable bonds is 10. The minimum Gasteiger partial charge on any atom is -0.494 e. The van der Waals surface area contributed by atoms with E-state index in [1.165, 1.54) is 6.08 Å². The number of hydrogen-bond donors (Lipinski definition) is 1. The lowest BCUT2D eigenvalue weighted by atomic mass is 9.97. The van der Waals surface area contributed by atoms with E-state index in [1.807, 2.05) is 0 Å². The van der Waals surface area contributed by atoms with Crippen LogP contribution in [0.15, 0.2) is 34.8 Å². The van der Waals surface area contributed by atoms with Gasteiger partial charge in [-0.25, -0.2) is 4.79 Å². The number of esters is 1. The number of carbonyl (C=O) groups excluding carboxylic acids is 3. The quantitative estimate of drug-likeness (QED) is 0.240. The first kappa shape index (κ1) is 23.1. The van der Waals surface area contributed by atoms with E-state index >= 15 is 0 Å². The molecular weight excluding hydrogens is 438 g/mol. The summed E-state index contributed by atoms with van der Waals surface area (Å²) in [7, 11) is 0. The Balaban J connectivity index is 2.02. The van der Waals surface area contributed by atoms with Crippen molar-refractivity contribution >= 4 is 33.6 Å². The molecule has 1 N–H and O–H groups in total. The third kappa shape index (κ3) is 6.42. The van der Waals surface area contributed by atoms with Gasteiger partial charge >= 0.3 is 5.97 Å². The van der Waals surface area contributed by atoms with Crippen LogP contribution < -0.4 is 10.1 Å². The summed E-state index contributed by atoms with van der Waals surface area (Å²) in [5, 5.41) is 2.76. The van der Waals surface area contributed by atoms with Crippen molar-refractivity contribution in [1.29, 1.82) is 0 Å². The Morgan fingerprint density at radius 3 is 2.38 bits per heavy atom. The number of ketones is 1. The predicted octanol–water partition coefficient (Wildman–Crippen LogP) is 4.32. The largest absolute Gasteiger partial charge is 0.494 e. The van der Waals surface area contributed by atoms with Crippen molar-refractivity contribution in [2.45, 2.75) is 57.9 Å². The van der Waals surface area contributed by atoms with Crippen LogP contribution in [0, 0.1) is 0 Å². The number of benzene rings is 1. The van der Waals surface area contributed by atoms with Crippen LogP contribution in [0.1, 0.15) is 62.7 Å². The van der Waals surface area contributed by atoms with Crippen LogP contribution in [0.2, 0.25) is 0 Å². The molecule has 1 aromatic rings. The zero-order valence-corrected chi connectivity index (χ0v) is 18.5. The fourth-order valence-electron chi connectivity index (χ4n) is 3.26. The molecule has 0 saturated heterocycles. The summed E-state index contributed by atoms with van der Waals surface area (Å²) >= 11 is 3.19. The second-order valence-electron chi connectivity index (χ2n) is 7.05. The number of hydrogen-bond acceptors (Lipinski definition) is 5. The second-order valence-corrected chi connectivity index (χ2v) is 7.90. The number of unbranched alkanes of at least 4 members (excludes halogenated alkanes) is 1. The van der Waals surface area contributed by atoms with Gasteiger partial charge in [0.1, 0.15) is 11.3 Å². The van der Waals surface area contributed by atoms with Gasteiger partial charge in [-0.1, -0.05) is 26.2 Å². The zero-order chi connectivity index (χ0) is 21.3. The molecule has 0 bridgehead atoms. The first-order valence-corrected chi connectivity index (χ1v) is 10.8. The maximum Gasteiger partial charge on any atom is 0.331 e. The fourth-order valence-corrected chi connectivity index (χ4v) is 3.69. The van der Waals surface area contributed by atoms with Gasteiger partial charge in [0.2, 0.25) is 5.91 Å². The van der Waals surface area contributed by atoms with Crippen molar-refractivity contribution in [3.8, 4) is 5.75 Å². The molecule has 0 aliphatic heterocycles. The summed E-state index contributed by atoms with van der Waals surface area (Å²) in [5.41, 5.74) is -0.568. The van der Waals surface area contributed by atoms with E-state index in [2.05, 4.69) is 28.2 Å². The number of amides is 1. The Morgan fingerprint density at radius 1 is 1.14 bits per heavy atom. The molecule has 0 aromatic heterocycles. The summed E-state index contributed by atoms with van der Waals surface area (Å²) in [5.74, 6) is -0.539. The molecule has 2 rings (SSSR count). The molecule has 1 amide bonds. The van der Waals surface area contributed by atoms with Crippen LogP contribution in [0.5, 0.6) is 5.75 Å². The van der Waals surface area contributed by atoms with Gasteiger partial charge in [0.05, 0.1) is 17.7 Å².